The number of aromatic amines is 2. The molecule has 5 heteroatoms. The number of nitrogens with one attached hydrogen (secondary N) is 3. The van der Waals surface area contributed by atoms with E-state index in [1.54, 1.807) is 18.2 Å². The number of rotatable bonds is 4. The van der Waals surface area contributed by atoms with Gasteiger partial charge in [-0.1, -0.05) is 42.5 Å². The van der Waals surface area contributed by atoms with E-state index in [0.717, 1.165) is 5.56 Å². The van der Waals surface area contributed by atoms with E-state index in [2.05, 4.69) is 15.3 Å². The molecule has 3 N–H and O–H groups in total. The first-order chi connectivity index (χ1) is 10.7. The molecule has 0 aliphatic carbocycles. The number of imidazole rings is 1. The molecule has 1 amide bonds. The first kappa shape index (κ1) is 13.9. The molecule has 0 aliphatic heterocycles. The second-order valence-corrected chi connectivity index (χ2v) is 4.86. The number of carbonyl (C=O) groups excluding carboxylic acids is 1. The normalized spacial score (nSPS) is 11.1. The van der Waals surface area contributed by atoms with Crippen molar-refractivity contribution in [3.8, 4) is 0 Å². The van der Waals surface area contributed by atoms with Gasteiger partial charge in [-0.3, -0.25) is 4.79 Å². The smallest absolute Gasteiger partial charge is 0.323 e. The summed E-state index contributed by atoms with van der Waals surface area (Å²) in [6, 6.07) is 14.9. The maximum Gasteiger partial charge on any atom is 0.323 e. The molecule has 22 heavy (non-hydrogen) atoms. The van der Waals surface area contributed by atoms with Crippen molar-refractivity contribution in [1.82, 2.24) is 15.3 Å². The van der Waals surface area contributed by atoms with E-state index in [9.17, 15) is 9.59 Å². The van der Waals surface area contributed by atoms with Gasteiger partial charge >= 0.3 is 5.69 Å². The Bertz CT molecular complexity index is 876. The van der Waals surface area contributed by atoms with Crippen molar-refractivity contribution in [2.75, 3.05) is 6.54 Å². The van der Waals surface area contributed by atoms with Gasteiger partial charge in [-0.05, 0) is 23.8 Å². The van der Waals surface area contributed by atoms with E-state index in [0.29, 0.717) is 23.1 Å². The van der Waals surface area contributed by atoms with E-state index in [1.165, 1.54) is 0 Å². The first-order valence-electron chi connectivity index (χ1n) is 6.94. The molecule has 0 radical (unpaired) electrons. The Morgan fingerprint density at radius 1 is 1.05 bits per heavy atom. The van der Waals surface area contributed by atoms with Gasteiger partial charge in [-0.25, -0.2) is 4.79 Å². The van der Waals surface area contributed by atoms with Crippen LogP contribution in [-0.2, 0) is 0 Å². The molecule has 0 spiro atoms. The fourth-order valence-electron chi connectivity index (χ4n) is 2.19. The Morgan fingerprint density at radius 2 is 1.82 bits per heavy atom. The summed E-state index contributed by atoms with van der Waals surface area (Å²) < 4.78 is 0. The Labute approximate surface area is 126 Å². The van der Waals surface area contributed by atoms with Crippen molar-refractivity contribution >= 4 is 23.0 Å². The molecule has 1 heterocycles. The summed E-state index contributed by atoms with van der Waals surface area (Å²) in [4.78, 5) is 28.5. The molecular formula is C17H15N3O2. The highest BCUT2D eigenvalue weighted by molar-refractivity contribution is 5.97. The van der Waals surface area contributed by atoms with E-state index >= 15 is 0 Å². The van der Waals surface area contributed by atoms with E-state index in [4.69, 9.17) is 0 Å². The quantitative estimate of drug-likeness (QED) is 0.690. The van der Waals surface area contributed by atoms with Gasteiger partial charge in [-0.15, -0.1) is 0 Å². The van der Waals surface area contributed by atoms with E-state index in [1.807, 2.05) is 42.5 Å². The van der Waals surface area contributed by atoms with Crippen molar-refractivity contribution in [3.05, 3.63) is 76.2 Å². The highest BCUT2D eigenvalue weighted by Gasteiger charge is 2.06. The SMILES string of the molecule is O=C(NCC=Cc1ccccc1)c1ccc2[nH]c(=O)[nH]c2c1. The van der Waals surface area contributed by atoms with Crippen LogP contribution in [0.5, 0.6) is 0 Å². The second-order valence-electron chi connectivity index (χ2n) is 4.86. The minimum Gasteiger partial charge on any atom is -0.349 e. The first-order valence-corrected chi connectivity index (χ1v) is 6.94. The molecule has 2 aromatic carbocycles. The Balaban J connectivity index is 1.63. The standard InChI is InChI=1S/C17H15N3O2/c21-16(18-10-4-7-12-5-2-1-3-6-12)13-8-9-14-15(11-13)20-17(22)19-14/h1-9,11H,10H2,(H,18,21)(H2,19,20,22). The van der Waals surface area contributed by atoms with Gasteiger partial charge in [-0.2, -0.15) is 0 Å². The Hall–Kier alpha value is -3.08. The summed E-state index contributed by atoms with van der Waals surface area (Å²) >= 11 is 0. The molecule has 1 aromatic heterocycles. The van der Waals surface area contributed by atoms with Gasteiger partial charge in [0.05, 0.1) is 11.0 Å². The van der Waals surface area contributed by atoms with Crippen LogP contribution in [0.3, 0.4) is 0 Å². The van der Waals surface area contributed by atoms with Crippen molar-refractivity contribution in [3.63, 3.8) is 0 Å². The predicted molar refractivity (Wildman–Crippen MR) is 86.7 cm³/mol. The lowest BCUT2D eigenvalue weighted by molar-refractivity contribution is 0.0958. The maximum absolute atomic E-state index is 12.1. The minimum atomic E-state index is -0.279. The number of benzene rings is 2. The molecule has 0 aliphatic rings. The number of hydrogen-bond acceptors (Lipinski definition) is 2. The van der Waals surface area contributed by atoms with Crippen LogP contribution in [0.25, 0.3) is 17.1 Å². The third kappa shape index (κ3) is 3.15. The lowest BCUT2D eigenvalue weighted by Crippen LogP contribution is -2.23. The van der Waals surface area contributed by atoms with Crippen LogP contribution in [0, 0.1) is 0 Å². The lowest BCUT2D eigenvalue weighted by atomic mass is 10.2. The van der Waals surface area contributed by atoms with Crippen LogP contribution in [-0.4, -0.2) is 22.4 Å². The summed E-state index contributed by atoms with van der Waals surface area (Å²) in [5, 5.41) is 2.81. The number of aromatic nitrogens is 2. The van der Waals surface area contributed by atoms with Gasteiger partial charge in [0.15, 0.2) is 0 Å². The van der Waals surface area contributed by atoms with Crippen LogP contribution >= 0.6 is 0 Å². The van der Waals surface area contributed by atoms with Gasteiger partial charge in [0.1, 0.15) is 0 Å². The highest BCUT2D eigenvalue weighted by Crippen LogP contribution is 2.10. The maximum atomic E-state index is 12.1. The molecule has 0 unspecified atom stereocenters. The van der Waals surface area contributed by atoms with Crippen LogP contribution < -0.4 is 11.0 Å². The third-order valence-corrected chi connectivity index (χ3v) is 3.27. The van der Waals surface area contributed by atoms with E-state index in [-0.39, 0.29) is 11.6 Å². The number of carbonyl (C=O) groups is 1. The molecule has 0 saturated heterocycles. The molecule has 3 aromatic rings. The summed E-state index contributed by atoms with van der Waals surface area (Å²) in [7, 11) is 0. The van der Waals surface area contributed by atoms with Crippen LogP contribution in [0.2, 0.25) is 0 Å². The molecule has 0 bridgehead atoms. The fraction of sp³-hybridized carbons (Fsp3) is 0.0588. The Morgan fingerprint density at radius 3 is 2.64 bits per heavy atom. The zero-order valence-corrected chi connectivity index (χ0v) is 11.8. The molecular weight excluding hydrogens is 278 g/mol. The number of hydrogen-bond donors (Lipinski definition) is 3. The van der Waals surface area contributed by atoms with Crippen LogP contribution in [0.4, 0.5) is 0 Å². The zero-order chi connectivity index (χ0) is 15.4. The fourth-order valence-corrected chi connectivity index (χ4v) is 2.19. The monoisotopic (exact) mass is 293 g/mol. The Kier molecular flexibility index (Phi) is 3.87. The van der Waals surface area contributed by atoms with Crippen molar-refractivity contribution in [2.24, 2.45) is 0 Å². The molecule has 5 nitrogen and oxygen atoms in total. The van der Waals surface area contributed by atoms with Crippen molar-refractivity contribution in [1.29, 1.82) is 0 Å². The number of H-pyrrole nitrogens is 2. The summed E-state index contributed by atoms with van der Waals surface area (Å²) in [6.45, 7) is 0.440. The van der Waals surface area contributed by atoms with Crippen LogP contribution in [0.15, 0.2) is 59.4 Å². The van der Waals surface area contributed by atoms with Gasteiger partial charge in [0.25, 0.3) is 5.91 Å². The van der Waals surface area contributed by atoms with Gasteiger partial charge in [0, 0.05) is 12.1 Å². The lowest BCUT2D eigenvalue weighted by Gasteiger charge is -2.02. The summed E-state index contributed by atoms with van der Waals surface area (Å²) in [5.41, 5.74) is 2.63. The van der Waals surface area contributed by atoms with Crippen molar-refractivity contribution in [2.45, 2.75) is 0 Å². The average Bonchev–Trinajstić information content (AvgIpc) is 2.91. The number of fused-ring (bicyclic) bond motifs is 1. The second kappa shape index (κ2) is 6.13. The highest BCUT2D eigenvalue weighted by atomic mass is 16.1. The molecule has 110 valence electrons. The molecule has 3 rings (SSSR count). The summed E-state index contributed by atoms with van der Waals surface area (Å²) in [6.07, 6.45) is 3.84. The molecule has 0 atom stereocenters. The minimum absolute atomic E-state index is 0.179. The number of amides is 1. The van der Waals surface area contributed by atoms with E-state index < -0.39 is 0 Å². The zero-order valence-electron chi connectivity index (χ0n) is 11.8. The topological polar surface area (TPSA) is 77.8 Å². The largest absolute Gasteiger partial charge is 0.349 e. The van der Waals surface area contributed by atoms with Crippen LogP contribution in [0.1, 0.15) is 15.9 Å². The van der Waals surface area contributed by atoms with Crippen molar-refractivity contribution < 1.29 is 4.79 Å². The van der Waals surface area contributed by atoms with Gasteiger partial charge in [0.2, 0.25) is 0 Å². The average molecular weight is 293 g/mol. The third-order valence-electron chi connectivity index (χ3n) is 3.27. The van der Waals surface area contributed by atoms with Gasteiger partial charge < -0.3 is 15.3 Å². The molecule has 0 fully saturated rings. The summed E-state index contributed by atoms with van der Waals surface area (Å²) in [5.74, 6) is -0.179. The molecule has 0 saturated carbocycles. The predicted octanol–water partition coefficient (Wildman–Crippen LogP) is 2.30.